The van der Waals surface area contributed by atoms with Crippen molar-refractivity contribution in [2.24, 2.45) is 0 Å². The first-order valence-electron chi connectivity index (χ1n) is 11.3. The average Bonchev–Trinajstić information content (AvgIpc) is 3.48. The Morgan fingerprint density at radius 2 is 1.61 bits per heavy atom. The molecule has 164 valence electrons. The van der Waals surface area contributed by atoms with Crippen molar-refractivity contribution in [3.63, 3.8) is 0 Å². The van der Waals surface area contributed by atoms with Crippen LogP contribution in [0, 0.1) is 0 Å². The van der Waals surface area contributed by atoms with Crippen LogP contribution in [-0.2, 0) is 10.2 Å². The van der Waals surface area contributed by atoms with Crippen LogP contribution in [0.15, 0.2) is 30.5 Å². The summed E-state index contributed by atoms with van der Waals surface area (Å²) < 4.78 is 1.82. The van der Waals surface area contributed by atoms with E-state index in [9.17, 15) is 9.59 Å². The molecule has 5 rings (SSSR count). The molecule has 2 saturated heterocycles. The van der Waals surface area contributed by atoms with Gasteiger partial charge in [-0.05, 0) is 62.6 Å². The van der Waals surface area contributed by atoms with Crippen LogP contribution in [0.25, 0.3) is 0 Å². The molecule has 2 aromatic rings. The molecule has 0 spiro atoms. The molecule has 2 aliphatic heterocycles. The van der Waals surface area contributed by atoms with E-state index in [2.05, 4.69) is 10.3 Å². The Labute approximate surface area is 187 Å². The number of carbonyl (C=O) groups excluding carboxylic acids is 2. The van der Waals surface area contributed by atoms with E-state index in [-0.39, 0.29) is 23.3 Å². The van der Waals surface area contributed by atoms with E-state index in [1.807, 2.05) is 38.7 Å². The molecule has 8 heteroatoms. The molecule has 2 amide bonds. The van der Waals surface area contributed by atoms with Crippen molar-refractivity contribution in [3.8, 4) is 0 Å². The van der Waals surface area contributed by atoms with Crippen molar-refractivity contribution < 1.29 is 9.59 Å². The minimum atomic E-state index is -0.362. The Kier molecular flexibility index (Phi) is 5.46. The van der Waals surface area contributed by atoms with Crippen LogP contribution in [0.4, 0.5) is 0 Å². The second-order valence-corrected chi connectivity index (χ2v) is 9.49. The lowest BCUT2D eigenvalue weighted by Crippen LogP contribution is -2.44. The number of aromatic nitrogens is 3. The SMILES string of the molecule is O=C(c1cn(C2CCN(C(=O)C3(c4ccc(Cl)cc4)CC3)CC2)nn1)N1CCCCC1. The van der Waals surface area contributed by atoms with Gasteiger partial charge in [0.15, 0.2) is 5.69 Å². The van der Waals surface area contributed by atoms with Gasteiger partial charge in [-0.1, -0.05) is 28.9 Å². The van der Waals surface area contributed by atoms with Crippen molar-refractivity contribution in [1.82, 2.24) is 24.8 Å². The maximum absolute atomic E-state index is 13.3. The van der Waals surface area contributed by atoms with Crippen LogP contribution in [0.1, 0.15) is 67.0 Å². The Bertz CT molecular complexity index is 955. The molecule has 1 aromatic carbocycles. The van der Waals surface area contributed by atoms with E-state index in [0.717, 1.165) is 57.2 Å². The summed E-state index contributed by atoms with van der Waals surface area (Å²) >= 11 is 6.02. The molecule has 0 N–H and O–H groups in total. The lowest BCUT2D eigenvalue weighted by Gasteiger charge is -2.34. The first kappa shape index (κ1) is 20.5. The van der Waals surface area contributed by atoms with Gasteiger partial charge < -0.3 is 9.80 Å². The molecular weight excluding hydrogens is 414 g/mol. The largest absolute Gasteiger partial charge is 0.342 e. The summed E-state index contributed by atoms with van der Waals surface area (Å²) in [7, 11) is 0. The number of benzene rings is 1. The monoisotopic (exact) mass is 441 g/mol. The van der Waals surface area contributed by atoms with E-state index in [0.29, 0.717) is 23.8 Å². The number of likely N-dealkylation sites (tertiary alicyclic amines) is 2. The van der Waals surface area contributed by atoms with Crippen molar-refractivity contribution >= 4 is 23.4 Å². The van der Waals surface area contributed by atoms with Crippen LogP contribution in [0.5, 0.6) is 0 Å². The van der Waals surface area contributed by atoms with Crippen molar-refractivity contribution in [1.29, 1.82) is 0 Å². The molecule has 3 aliphatic rings. The summed E-state index contributed by atoms with van der Waals surface area (Å²) in [6, 6.07) is 7.87. The van der Waals surface area contributed by atoms with Gasteiger partial charge in [-0.25, -0.2) is 4.68 Å². The van der Waals surface area contributed by atoms with Crippen molar-refractivity contribution in [3.05, 3.63) is 46.7 Å². The van der Waals surface area contributed by atoms with E-state index in [4.69, 9.17) is 11.6 Å². The summed E-state index contributed by atoms with van der Waals surface area (Å²) in [4.78, 5) is 29.8. The number of piperidine rings is 2. The van der Waals surface area contributed by atoms with Crippen molar-refractivity contribution in [2.75, 3.05) is 26.2 Å². The molecular formula is C23H28ClN5O2. The van der Waals surface area contributed by atoms with Crippen LogP contribution in [0.2, 0.25) is 5.02 Å². The standard InChI is InChI=1S/C23H28ClN5O2/c24-18-6-4-17(5-7-18)23(10-11-23)22(31)28-14-8-19(9-15-28)29-16-20(25-26-29)21(30)27-12-2-1-3-13-27/h4-7,16,19H,1-3,8-15H2. The fourth-order valence-electron chi connectivity index (χ4n) is 4.97. The Hall–Kier alpha value is -2.41. The van der Waals surface area contributed by atoms with Gasteiger partial charge in [-0.2, -0.15) is 0 Å². The molecule has 1 saturated carbocycles. The molecule has 1 aliphatic carbocycles. The molecule has 7 nitrogen and oxygen atoms in total. The highest BCUT2D eigenvalue weighted by Gasteiger charge is 2.53. The van der Waals surface area contributed by atoms with Gasteiger partial charge in [0.1, 0.15) is 0 Å². The minimum Gasteiger partial charge on any atom is -0.342 e. The molecule has 3 heterocycles. The second kappa shape index (κ2) is 8.26. The quantitative estimate of drug-likeness (QED) is 0.728. The van der Waals surface area contributed by atoms with Crippen molar-refractivity contribution in [2.45, 2.75) is 56.4 Å². The van der Waals surface area contributed by atoms with Crippen LogP contribution in [0.3, 0.4) is 0 Å². The molecule has 0 unspecified atom stereocenters. The van der Waals surface area contributed by atoms with E-state index in [1.54, 1.807) is 6.20 Å². The topological polar surface area (TPSA) is 71.3 Å². The smallest absolute Gasteiger partial charge is 0.276 e. The molecule has 1 aromatic heterocycles. The fraction of sp³-hybridized carbons (Fsp3) is 0.565. The molecule has 3 fully saturated rings. The molecule has 31 heavy (non-hydrogen) atoms. The second-order valence-electron chi connectivity index (χ2n) is 9.05. The normalized spacial score (nSPS) is 21.2. The number of carbonyl (C=O) groups is 2. The summed E-state index contributed by atoms with van der Waals surface area (Å²) in [6.45, 7) is 3.02. The van der Waals surface area contributed by atoms with Crippen LogP contribution < -0.4 is 0 Å². The number of halogens is 1. The highest BCUT2D eigenvalue weighted by atomic mass is 35.5. The Morgan fingerprint density at radius 1 is 0.935 bits per heavy atom. The number of hydrogen-bond donors (Lipinski definition) is 0. The van der Waals surface area contributed by atoms with E-state index in [1.165, 1.54) is 6.42 Å². The zero-order valence-electron chi connectivity index (χ0n) is 17.7. The third kappa shape index (κ3) is 3.95. The van der Waals surface area contributed by atoms with Gasteiger partial charge >= 0.3 is 0 Å². The third-order valence-electron chi connectivity index (χ3n) is 7.05. The number of hydrogen-bond acceptors (Lipinski definition) is 4. The lowest BCUT2D eigenvalue weighted by molar-refractivity contribution is -0.135. The summed E-state index contributed by atoms with van der Waals surface area (Å²) in [5.41, 5.74) is 1.14. The fourth-order valence-corrected chi connectivity index (χ4v) is 5.09. The van der Waals surface area contributed by atoms with Gasteiger partial charge in [-0.3, -0.25) is 9.59 Å². The summed E-state index contributed by atoms with van der Waals surface area (Å²) in [6.07, 6.45) is 8.54. The first-order chi connectivity index (χ1) is 15.1. The Morgan fingerprint density at radius 3 is 2.26 bits per heavy atom. The number of rotatable bonds is 4. The minimum absolute atomic E-state index is 0.0165. The Balaban J connectivity index is 1.20. The first-order valence-corrected chi connectivity index (χ1v) is 11.7. The predicted molar refractivity (Wildman–Crippen MR) is 117 cm³/mol. The summed E-state index contributed by atoms with van der Waals surface area (Å²) in [5.74, 6) is 0.213. The van der Waals surface area contributed by atoms with E-state index >= 15 is 0 Å². The highest BCUT2D eigenvalue weighted by molar-refractivity contribution is 6.30. The van der Waals surface area contributed by atoms with Crippen LogP contribution in [-0.4, -0.2) is 62.8 Å². The van der Waals surface area contributed by atoms with Gasteiger partial charge in [0.05, 0.1) is 17.7 Å². The van der Waals surface area contributed by atoms with E-state index < -0.39 is 0 Å². The van der Waals surface area contributed by atoms with Gasteiger partial charge in [0.25, 0.3) is 5.91 Å². The number of nitrogens with zero attached hydrogens (tertiary/aromatic N) is 5. The zero-order valence-corrected chi connectivity index (χ0v) is 18.4. The summed E-state index contributed by atoms with van der Waals surface area (Å²) in [5, 5.41) is 9.09. The van der Waals surface area contributed by atoms with Crippen LogP contribution >= 0.6 is 11.6 Å². The van der Waals surface area contributed by atoms with Gasteiger partial charge in [0, 0.05) is 31.2 Å². The highest BCUT2D eigenvalue weighted by Crippen LogP contribution is 2.50. The molecule has 0 bridgehead atoms. The maximum atomic E-state index is 13.3. The van der Waals surface area contributed by atoms with Gasteiger partial charge in [-0.15, -0.1) is 5.10 Å². The lowest BCUT2D eigenvalue weighted by atomic mass is 9.93. The van der Waals surface area contributed by atoms with Gasteiger partial charge in [0.2, 0.25) is 5.91 Å². The maximum Gasteiger partial charge on any atom is 0.276 e. The average molecular weight is 442 g/mol. The number of amides is 2. The predicted octanol–water partition coefficient (Wildman–Crippen LogP) is 3.45. The third-order valence-corrected chi connectivity index (χ3v) is 7.31. The molecule has 0 radical (unpaired) electrons. The zero-order chi connectivity index (χ0) is 21.4. The molecule has 0 atom stereocenters.